The van der Waals surface area contributed by atoms with Crippen molar-refractivity contribution in [1.29, 1.82) is 0 Å². The Kier molecular flexibility index (Phi) is 6.36. The maximum absolute atomic E-state index is 11.0. The Bertz CT molecular complexity index is 145. The fourth-order valence-electron chi connectivity index (χ4n) is 0.663. The fraction of sp³-hybridized carbons (Fsp3) is 0.857. The molecule has 4 heteroatoms. The quantitative estimate of drug-likeness (QED) is 0.552. The first-order valence-electron chi connectivity index (χ1n) is 3.50. The van der Waals surface area contributed by atoms with Crippen molar-refractivity contribution in [3.63, 3.8) is 0 Å². The van der Waals surface area contributed by atoms with Crippen LogP contribution in [0.4, 0.5) is 0 Å². The van der Waals surface area contributed by atoms with E-state index in [1.165, 1.54) is 6.92 Å². The molecule has 0 aliphatic heterocycles. The molecule has 0 spiro atoms. The molecule has 0 aliphatic carbocycles. The van der Waals surface area contributed by atoms with Crippen LogP contribution in [0, 0.1) is 0 Å². The van der Waals surface area contributed by atoms with E-state index in [2.05, 4.69) is 0 Å². The molecule has 0 radical (unpaired) electrons. The molecule has 0 aliphatic rings. The first-order valence-corrected chi connectivity index (χ1v) is 4.99. The largest absolute Gasteiger partial charge is 0.385 e. The minimum absolute atomic E-state index is 0.0132. The van der Waals surface area contributed by atoms with Crippen LogP contribution in [-0.4, -0.2) is 35.2 Å². The van der Waals surface area contributed by atoms with Gasteiger partial charge < -0.3 is 4.74 Å². The van der Waals surface area contributed by atoms with Crippen molar-refractivity contribution in [2.24, 2.45) is 0 Å². The van der Waals surface area contributed by atoms with Crippen LogP contribution < -0.4 is 0 Å². The minimum atomic E-state index is -0.981. The Balaban J connectivity index is 3.30. The third-order valence-corrected chi connectivity index (χ3v) is 2.56. The normalized spacial score (nSPS) is 12.9. The number of rotatable bonds is 6. The second kappa shape index (κ2) is 6.49. The first-order chi connectivity index (χ1) is 5.16. The van der Waals surface area contributed by atoms with Crippen molar-refractivity contribution in [1.82, 2.24) is 0 Å². The zero-order valence-electron chi connectivity index (χ0n) is 6.96. The predicted molar refractivity (Wildman–Crippen MR) is 45.1 cm³/mol. The SMILES string of the molecule is COCCCS(=O)CC(C)=O. The molecule has 0 aromatic heterocycles. The molecular formula is C7H14O3S. The molecule has 1 atom stereocenters. The van der Waals surface area contributed by atoms with Gasteiger partial charge in [-0.05, 0) is 13.3 Å². The van der Waals surface area contributed by atoms with Gasteiger partial charge in [0.15, 0.2) is 0 Å². The van der Waals surface area contributed by atoms with Gasteiger partial charge >= 0.3 is 0 Å². The molecule has 66 valence electrons. The van der Waals surface area contributed by atoms with Gasteiger partial charge in [0.25, 0.3) is 0 Å². The maximum Gasteiger partial charge on any atom is 0.142 e. The van der Waals surface area contributed by atoms with Crippen molar-refractivity contribution in [3.8, 4) is 0 Å². The summed E-state index contributed by atoms with van der Waals surface area (Å²) in [5, 5.41) is 0. The Morgan fingerprint density at radius 1 is 1.55 bits per heavy atom. The Morgan fingerprint density at radius 2 is 2.18 bits per heavy atom. The number of methoxy groups -OCH3 is 1. The molecular weight excluding hydrogens is 164 g/mol. The summed E-state index contributed by atoms with van der Waals surface area (Å²) < 4.78 is 15.7. The summed E-state index contributed by atoms with van der Waals surface area (Å²) in [5.74, 6) is 0.734. The van der Waals surface area contributed by atoms with Gasteiger partial charge in [-0.2, -0.15) is 0 Å². The molecule has 0 amide bonds. The van der Waals surface area contributed by atoms with Crippen LogP contribution in [0.15, 0.2) is 0 Å². The average molecular weight is 178 g/mol. The minimum Gasteiger partial charge on any atom is -0.385 e. The number of ether oxygens (including phenoxy) is 1. The molecule has 0 aromatic rings. The van der Waals surface area contributed by atoms with Crippen molar-refractivity contribution >= 4 is 16.6 Å². The summed E-state index contributed by atoms with van der Waals surface area (Å²) in [5.41, 5.74) is 0. The Morgan fingerprint density at radius 3 is 2.64 bits per heavy atom. The lowest BCUT2D eigenvalue weighted by molar-refractivity contribution is -0.114. The van der Waals surface area contributed by atoms with Gasteiger partial charge in [-0.1, -0.05) is 0 Å². The summed E-state index contributed by atoms with van der Waals surface area (Å²) >= 11 is 0. The summed E-state index contributed by atoms with van der Waals surface area (Å²) in [4.78, 5) is 10.5. The molecule has 3 nitrogen and oxygen atoms in total. The van der Waals surface area contributed by atoms with Crippen LogP contribution in [0.25, 0.3) is 0 Å². The van der Waals surface area contributed by atoms with Gasteiger partial charge in [0.05, 0.1) is 5.75 Å². The van der Waals surface area contributed by atoms with Crippen LogP contribution in [0.1, 0.15) is 13.3 Å². The highest BCUT2D eigenvalue weighted by molar-refractivity contribution is 7.85. The van der Waals surface area contributed by atoms with E-state index in [0.29, 0.717) is 12.4 Å². The van der Waals surface area contributed by atoms with Crippen molar-refractivity contribution < 1.29 is 13.7 Å². The fourth-order valence-corrected chi connectivity index (χ4v) is 1.70. The molecule has 0 aromatic carbocycles. The summed E-state index contributed by atoms with van der Waals surface area (Å²) in [6.07, 6.45) is 0.760. The average Bonchev–Trinajstić information content (AvgIpc) is 1.86. The smallest absolute Gasteiger partial charge is 0.142 e. The number of ketones is 1. The van der Waals surface area contributed by atoms with E-state index in [1.54, 1.807) is 7.11 Å². The monoisotopic (exact) mass is 178 g/mol. The van der Waals surface area contributed by atoms with Crippen molar-refractivity contribution in [2.75, 3.05) is 25.2 Å². The van der Waals surface area contributed by atoms with Crippen molar-refractivity contribution in [3.05, 3.63) is 0 Å². The van der Waals surface area contributed by atoms with Crippen molar-refractivity contribution in [2.45, 2.75) is 13.3 Å². The lowest BCUT2D eigenvalue weighted by Crippen LogP contribution is -2.10. The molecule has 0 saturated heterocycles. The lowest BCUT2D eigenvalue weighted by atomic mass is 10.5. The summed E-state index contributed by atoms with van der Waals surface area (Å²) in [6, 6.07) is 0. The molecule has 0 N–H and O–H groups in total. The van der Waals surface area contributed by atoms with Crippen LogP contribution >= 0.6 is 0 Å². The van der Waals surface area contributed by atoms with E-state index in [9.17, 15) is 9.00 Å². The van der Waals surface area contributed by atoms with E-state index in [1.807, 2.05) is 0 Å². The third kappa shape index (κ3) is 7.68. The van der Waals surface area contributed by atoms with Crippen LogP contribution in [0.3, 0.4) is 0 Å². The van der Waals surface area contributed by atoms with E-state index >= 15 is 0 Å². The Labute approximate surface area is 69.6 Å². The highest BCUT2D eigenvalue weighted by Crippen LogP contribution is 1.89. The number of Topliss-reactive ketones (excluding diaryl/α,β-unsaturated/α-hetero) is 1. The van der Waals surface area contributed by atoms with Gasteiger partial charge in [-0.15, -0.1) is 0 Å². The van der Waals surface area contributed by atoms with Crippen LogP contribution in [0.2, 0.25) is 0 Å². The zero-order chi connectivity index (χ0) is 8.69. The molecule has 0 fully saturated rings. The molecule has 11 heavy (non-hydrogen) atoms. The second-order valence-corrected chi connectivity index (χ2v) is 3.91. The number of carbonyl (C=O) groups is 1. The summed E-state index contributed by atoms with van der Waals surface area (Å²) in [6.45, 7) is 2.07. The molecule has 0 saturated carbocycles. The number of hydrogen-bond donors (Lipinski definition) is 0. The molecule has 1 unspecified atom stereocenters. The molecule has 0 heterocycles. The second-order valence-electron chi connectivity index (χ2n) is 2.34. The molecule has 0 rings (SSSR count). The van der Waals surface area contributed by atoms with E-state index in [4.69, 9.17) is 4.74 Å². The van der Waals surface area contributed by atoms with Crippen LogP contribution in [0.5, 0.6) is 0 Å². The highest BCUT2D eigenvalue weighted by atomic mass is 32.2. The maximum atomic E-state index is 11.0. The summed E-state index contributed by atoms with van der Waals surface area (Å²) in [7, 11) is 0.624. The first kappa shape index (κ1) is 10.8. The number of carbonyl (C=O) groups excluding carboxylic acids is 1. The number of hydrogen-bond acceptors (Lipinski definition) is 3. The highest BCUT2D eigenvalue weighted by Gasteiger charge is 2.01. The van der Waals surface area contributed by atoms with Gasteiger partial charge in [0, 0.05) is 30.3 Å². The lowest BCUT2D eigenvalue weighted by Gasteiger charge is -1.98. The van der Waals surface area contributed by atoms with Gasteiger partial charge in [0.1, 0.15) is 5.78 Å². The van der Waals surface area contributed by atoms with E-state index < -0.39 is 10.8 Å². The van der Waals surface area contributed by atoms with Gasteiger partial charge in [-0.25, -0.2) is 0 Å². The van der Waals surface area contributed by atoms with E-state index in [-0.39, 0.29) is 11.5 Å². The van der Waals surface area contributed by atoms with Gasteiger partial charge in [-0.3, -0.25) is 9.00 Å². The van der Waals surface area contributed by atoms with Gasteiger partial charge in [0.2, 0.25) is 0 Å². The zero-order valence-corrected chi connectivity index (χ0v) is 7.78. The molecule has 0 bridgehead atoms. The third-order valence-electron chi connectivity index (χ3n) is 1.08. The van der Waals surface area contributed by atoms with E-state index in [0.717, 1.165) is 6.42 Å². The topological polar surface area (TPSA) is 43.4 Å². The predicted octanol–water partition coefficient (Wildman–Crippen LogP) is 0.361. The Hall–Kier alpha value is -0.220. The standard InChI is InChI=1S/C7H14O3S/c1-7(8)6-11(9)5-3-4-10-2/h3-6H2,1-2H3. The van der Waals surface area contributed by atoms with Crippen LogP contribution in [-0.2, 0) is 20.3 Å².